The summed E-state index contributed by atoms with van der Waals surface area (Å²) in [7, 11) is 0. The van der Waals surface area contributed by atoms with Gasteiger partial charge < -0.3 is 10.6 Å². The summed E-state index contributed by atoms with van der Waals surface area (Å²) in [5.41, 5.74) is 8.83. The largest absolute Gasteiger partial charge is 0.398 e. The predicted octanol–water partition coefficient (Wildman–Crippen LogP) is 4.02. The molecule has 3 rings (SSSR count). The molecule has 0 radical (unpaired) electrons. The fraction of sp³-hybridized carbons (Fsp3) is 0.300. The molecule has 1 heterocycles. The number of Topliss-reactive ketones (excluding diaryl/α,β-unsaturated/α-hetero) is 1. The van der Waals surface area contributed by atoms with Crippen molar-refractivity contribution in [3.8, 4) is 0 Å². The quantitative estimate of drug-likeness (QED) is 0.647. The first-order valence-corrected chi connectivity index (χ1v) is 8.45. The number of fused-ring (bicyclic) bond motifs is 1. The Bertz CT molecular complexity index is 825. The molecule has 1 atom stereocenters. The van der Waals surface area contributed by atoms with E-state index in [1.165, 1.54) is 18.2 Å². The van der Waals surface area contributed by atoms with Gasteiger partial charge in [0, 0.05) is 35.8 Å². The minimum Gasteiger partial charge on any atom is -0.398 e. The fourth-order valence-electron chi connectivity index (χ4n) is 3.30. The molecular weight excluding hydrogens is 355 g/mol. The maximum atomic E-state index is 13.3. The van der Waals surface area contributed by atoms with Gasteiger partial charge in [-0.2, -0.15) is 0 Å². The molecule has 4 nitrogen and oxygen atoms in total. The van der Waals surface area contributed by atoms with Gasteiger partial charge in [0.25, 0.3) is 0 Å². The molecule has 0 aromatic heterocycles. The van der Waals surface area contributed by atoms with Crippen LogP contribution in [-0.4, -0.2) is 18.2 Å². The molecule has 6 heteroatoms. The molecule has 26 heavy (non-hydrogen) atoms. The van der Waals surface area contributed by atoms with E-state index in [0.29, 0.717) is 17.8 Å². The summed E-state index contributed by atoms with van der Waals surface area (Å²) in [5, 5.41) is 0. The van der Waals surface area contributed by atoms with Gasteiger partial charge in [-0.15, -0.1) is 12.4 Å². The van der Waals surface area contributed by atoms with Crippen LogP contribution in [0, 0.1) is 11.7 Å². The monoisotopic (exact) mass is 376 g/mol. The predicted molar refractivity (Wildman–Crippen MR) is 103 cm³/mol. The molecule has 1 aliphatic heterocycles. The molecule has 1 amide bonds. The second kappa shape index (κ2) is 8.32. The number of amides is 1. The van der Waals surface area contributed by atoms with Crippen molar-refractivity contribution in [2.45, 2.75) is 26.2 Å². The molecule has 0 bridgehead atoms. The van der Waals surface area contributed by atoms with Crippen molar-refractivity contribution in [3.05, 3.63) is 59.4 Å². The highest BCUT2D eigenvalue weighted by molar-refractivity contribution is 6.02. The van der Waals surface area contributed by atoms with Crippen LogP contribution in [0.4, 0.5) is 15.8 Å². The SMILES string of the molecule is CC(CC(=O)N1CCCc2c(N)cccc21)C(=O)c1cccc(F)c1.Cl. The van der Waals surface area contributed by atoms with Crippen molar-refractivity contribution in [1.82, 2.24) is 0 Å². The summed E-state index contributed by atoms with van der Waals surface area (Å²) >= 11 is 0. The highest BCUT2D eigenvalue weighted by atomic mass is 35.5. The number of ketones is 1. The Balaban J connectivity index is 0.00000243. The third-order valence-corrected chi connectivity index (χ3v) is 4.63. The number of benzene rings is 2. The van der Waals surface area contributed by atoms with E-state index in [4.69, 9.17) is 5.73 Å². The fourth-order valence-corrected chi connectivity index (χ4v) is 3.30. The highest BCUT2D eigenvalue weighted by Crippen LogP contribution is 2.32. The van der Waals surface area contributed by atoms with Crippen LogP contribution in [-0.2, 0) is 11.2 Å². The van der Waals surface area contributed by atoms with E-state index in [0.717, 1.165) is 24.1 Å². The van der Waals surface area contributed by atoms with Crippen LogP contribution in [0.15, 0.2) is 42.5 Å². The molecule has 0 aliphatic carbocycles. The normalized spacial score (nSPS) is 14.2. The maximum Gasteiger partial charge on any atom is 0.227 e. The number of rotatable bonds is 4. The summed E-state index contributed by atoms with van der Waals surface area (Å²) in [5.74, 6) is -1.30. The number of nitrogens with two attached hydrogens (primary N) is 1. The van der Waals surface area contributed by atoms with Crippen LogP contribution < -0.4 is 10.6 Å². The molecule has 0 saturated carbocycles. The van der Waals surface area contributed by atoms with Gasteiger partial charge in [-0.25, -0.2) is 4.39 Å². The second-order valence-corrected chi connectivity index (χ2v) is 6.47. The van der Waals surface area contributed by atoms with Crippen LogP contribution in [0.1, 0.15) is 35.7 Å². The Labute approximate surface area is 158 Å². The van der Waals surface area contributed by atoms with E-state index < -0.39 is 11.7 Å². The number of anilines is 2. The maximum absolute atomic E-state index is 13.3. The van der Waals surface area contributed by atoms with Crippen molar-refractivity contribution < 1.29 is 14.0 Å². The van der Waals surface area contributed by atoms with Crippen molar-refractivity contribution in [2.75, 3.05) is 17.2 Å². The van der Waals surface area contributed by atoms with E-state index in [1.807, 2.05) is 18.2 Å². The number of nitrogen functional groups attached to an aromatic ring is 1. The molecule has 138 valence electrons. The minimum absolute atomic E-state index is 0. The van der Waals surface area contributed by atoms with Gasteiger partial charge in [-0.05, 0) is 42.7 Å². The van der Waals surface area contributed by atoms with Crippen molar-refractivity contribution in [3.63, 3.8) is 0 Å². The van der Waals surface area contributed by atoms with Gasteiger partial charge in [0.05, 0.1) is 0 Å². The first-order valence-electron chi connectivity index (χ1n) is 8.45. The van der Waals surface area contributed by atoms with E-state index in [1.54, 1.807) is 17.9 Å². The van der Waals surface area contributed by atoms with E-state index >= 15 is 0 Å². The Hall–Kier alpha value is -2.40. The number of carbonyl (C=O) groups excluding carboxylic acids is 2. The van der Waals surface area contributed by atoms with E-state index in [9.17, 15) is 14.0 Å². The molecule has 2 aromatic rings. The molecule has 0 spiro atoms. The lowest BCUT2D eigenvalue weighted by molar-refractivity contribution is -0.119. The molecule has 1 aliphatic rings. The van der Waals surface area contributed by atoms with Crippen LogP contribution in [0.2, 0.25) is 0 Å². The van der Waals surface area contributed by atoms with Gasteiger partial charge in [0.15, 0.2) is 5.78 Å². The second-order valence-electron chi connectivity index (χ2n) is 6.47. The number of hydrogen-bond acceptors (Lipinski definition) is 3. The first kappa shape index (κ1) is 19.9. The van der Waals surface area contributed by atoms with Gasteiger partial charge in [0.2, 0.25) is 5.91 Å². The number of nitrogens with zero attached hydrogens (tertiary/aromatic N) is 1. The molecule has 0 saturated heterocycles. The lowest BCUT2D eigenvalue weighted by atomic mass is 9.94. The summed E-state index contributed by atoms with van der Waals surface area (Å²) in [6.07, 6.45) is 1.78. The van der Waals surface area contributed by atoms with E-state index in [-0.39, 0.29) is 30.5 Å². The van der Waals surface area contributed by atoms with Gasteiger partial charge in [-0.3, -0.25) is 9.59 Å². The van der Waals surface area contributed by atoms with Crippen molar-refractivity contribution >= 4 is 35.5 Å². The van der Waals surface area contributed by atoms with Crippen molar-refractivity contribution in [2.24, 2.45) is 5.92 Å². The third kappa shape index (κ3) is 4.05. The number of hydrogen-bond donors (Lipinski definition) is 1. The van der Waals surface area contributed by atoms with Crippen molar-refractivity contribution in [1.29, 1.82) is 0 Å². The molecule has 1 unspecified atom stereocenters. The standard InChI is InChI=1S/C20H21FN2O2.ClH/c1-13(20(25)14-5-2-6-15(21)12-14)11-19(24)23-10-4-7-16-17(22)8-3-9-18(16)23;/h2-3,5-6,8-9,12-13H,4,7,10-11,22H2,1H3;1H. The zero-order valence-corrected chi connectivity index (χ0v) is 15.4. The van der Waals surface area contributed by atoms with Gasteiger partial charge >= 0.3 is 0 Å². The number of halogens is 2. The van der Waals surface area contributed by atoms with Gasteiger partial charge in [-0.1, -0.05) is 25.1 Å². The van der Waals surface area contributed by atoms with Crippen LogP contribution >= 0.6 is 12.4 Å². The Morgan fingerprint density at radius 2 is 1.96 bits per heavy atom. The minimum atomic E-state index is -0.513. The third-order valence-electron chi connectivity index (χ3n) is 4.63. The average molecular weight is 377 g/mol. The van der Waals surface area contributed by atoms with Crippen LogP contribution in [0.25, 0.3) is 0 Å². The molecular formula is C20H22ClFN2O2. The van der Waals surface area contributed by atoms with Crippen LogP contribution in [0.5, 0.6) is 0 Å². The summed E-state index contributed by atoms with van der Waals surface area (Å²) in [6, 6.07) is 11.1. The van der Waals surface area contributed by atoms with Gasteiger partial charge in [0.1, 0.15) is 5.82 Å². The summed E-state index contributed by atoms with van der Waals surface area (Å²) < 4.78 is 13.3. The van der Waals surface area contributed by atoms with E-state index in [2.05, 4.69) is 0 Å². The summed E-state index contributed by atoms with van der Waals surface area (Å²) in [4.78, 5) is 26.9. The zero-order chi connectivity index (χ0) is 18.0. The van der Waals surface area contributed by atoms with Crippen LogP contribution in [0.3, 0.4) is 0 Å². The Kier molecular flexibility index (Phi) is 6.37. The lowest BCUT2D eigenvalue weighted by Gasteiger charge is -2.31. The Morgan fingerprint density at radius 3 is 2.69 bits per heavy atom. The Morgan fingerprint density at radius 1 is 1.23 bits per heavy atom. The average Bonchev–Trinajstić information content (AvgIpc) is 2.61. The zero-order valence-electron chi connectivity index (χ0n) is 14.6. The molecule has 0 fully saturated rings. The first-order chi connectivity index (χ1) is 12.0. The highest BCUT2D eigenvalue weighted by Gasteiger charge is 2.27. The number of carbonyl (C=O) groups is 2. The topological polar surface area (TPSA) is 63.4 Å². The molecule has 2 N–H and O–H groups in total. The smallest absolute Gasteiger partial charge is 0.227 e. The lowest BCUT2D eigenvalue weighted by Crippen LogP contribution is -2.37. The summed E-state index contributed by atoms with van der Waals surface area (Å²) in [6.45, 7) is 2.32. The molecule has 2 aromatic carbocycles.